The minimum atomic E-state index is -0.237. The Morgan fingerprint density at radius 3 is 2.70 bits per heavy atom. The molecule has 0 radical (unpaired) electrons. The third-order valence-corrected chi connectivity index (χ3v) is 4.65. The Morgan fingerprint density at radius 2 is 2.00 bits per heavy atom. The zero-order chi connectivity index (χ0) is 19.5. The van der Waals surface area contributed by atoms with E-state index in [0.717, 1.165) is 5.56 Å². The molecule has 0 atom stereocenters. The van der Waals surface area contributed by atoms with Crippen molar-refractivity contribution < 1.29 is 19.4 Å². The Morgan fingerprint density at radius 1 is 1.22 bits per heavy atom. The summed E-state index contributed by atoms with van der Waals surface area (Å²) in [6.07, 6.45) is 1.51. The van der Waals surface area contributed by atoms with E-state index in [4.69, 9.17) is 4.74 Å². The van der Waals surface area contributed by atoms with Crippen molar-refractivity contribution in [1.29, 1.82) is 0 Å². The van der Waals surface area contributed by atoms with Crippen LogP contribution in [0.4, 0.5) is 0 Å². The Balaban J connectivity index is 1.87. The molecule has 0 saturated heterocycles. The molecule has 0 bridgehead atoms. The number of aromatic nitrogens is 2. The standard InChI is InChI=1S/C18H24N4O4S/c1-26-8-7-19-16(24)11-22-15(12-23)10-21-18(22)27-13-17(25)20-9-14-5-3-2-4-6-14/h2-6,10,23H,7-9,11-13H2,1H3,(H,19,24)(H,20,25). The summed E-state index contributed by atoms with van der Waals surface area (Å²) >= 11 is 1.22. The fraction of sp³-hybridized carbons (Fsp3) is 0.389. The lowest BCUT2D eigenvalue weighted by atomic mass is 10.2. The maximum atomic E-state index is 12.1. The van der Waals surface area contributed by atoms with Gasteiger partial charge in [0.05, 0.1) is 30.9 Å². The van der Waals surface area contributed by atoms with Gasteiger partial charge < -0.3 is 25.0 Å². The first-order valence-electron chi connectivity index (χ1n) is 8.48. The second kappa shape index (κ2) is 11.4. The van der Waals surface area contributed by atoms with Crippen LogP contribution in [0.2, 0.25) is 0 Å². The number of benzene rings is 1. The highest BCUT2D eigenvalue weighted by Gasteiger charge is 2.14. The van der Waals surface area contributed by atoms with Crippen molar-refractivity contribution in [1.82, 2.24) is 20.2 Å². The third-order valence-electron chi connectivity index (χ3n) is 3.66. The number of methoxy groups -OCH3 is 1. The molecule has 0 aliphatic heterocycles. The predicted molar refractivity (Wildman–Crippen MR) is 102 cm³/mol. The number of rotatable bonds is 11. The van der Waals surface area contributed by atoms with Crippen molar-refractivity contribution in [2.24, 2.45) is 0 Å². The first-order valence-corrected chi connectivity index (χ1v) is 9.47. The lowest BCUT2D eigenvalue weighted by molar-refractivity contribution is -0.122. The van der Waals surface area contributed by atoms with Crippen LogP contribution in [0.1, 0.15) is 11.3 Å². The first-order chi connectivity index (χ1) is 13.1. The van der Waals surface area contributed by atoms with E-state index in [9.17, 15) is 14.7 Å². The SMILES string of the molecule is COCCNC(=O)Cn1c(CO)cnc1SCC(=O)NCc1ccccc1. The quantitative estimate of drug-likeness (QED) is 0.381. The van der Waals surface area contributed by atoms with Gasteiger partial charge in [0.2, 0.25) is 11.8 Å². The van der Waals surface area contributed by atoms with E-state index in [-0.39, 0.29) is 30.7 Å². The normalized spacial score (nSPS) is 10.6. The molecule has 1 aromatic carbocycles. The van der Waals surface area contributed by atoms with Crippen molar-refractivity contribution in [3.05, 3.63) is 47.8 Å². The molecule has 8 nitrogen and oxygen atoms in total. The average Bonchev–Trinajstić information content (AvgIpc) is 3.07. The predicted octanol–water partition coefficient (Wildman–Crippen LogP) is 0.547. The molecule has 2 rings (SSSR count). The zero-order valence-electron chi connectivity index (χ0n) is 15.2. The summed E-state index contributed by atoms with van der Waals surface area (Å²) in [5.74, 6) is -0.177. The molecule has 0 spiro atoms. The van der Waals surface area contributed by atoms with E-state index >= 15 is 0 Å². The topological polar surface area (TPSA) is 105 Å². The van der Waals surface area contributed by atoms with E-state index in [1.807, 2.05) is 30.3 Å². The number of hydrogen-bond acceptors (Lipinski definition) is 6. The number of nitrogens with one attached hydrogen (secondary N) is 2. The van der Waals surface area contributed by atoms with Crippen LogP contribution in [0, 0.1) is 0 Å². The Kier molecular flexibility index (Phi) is 8.82. The van der Waals surface area contributed by atoms with Gasteiger partial charge >= 0.3 is 0 Å². The van der Waals surface area contributed by atoms with Crippen LogP contribution in [-0.2, 0) is 34.0 Å². The molecule has 1 heterocycles. The number of nitrogens with zero attached hydrogens (tertiary/aromatic N) is 2. The van der Waals surface area contributed by atoms with E-state index in [2.05, 4.69) is 15.6 Å². The monoisotopic (exact) mass is 392 g/mol. The molecule has 2 aromatic rings. The molecule has 0 aliphatic rings. The molecule has 2 amide bonds. The summed E-state index contributed by atoms with van der Waals surface area (Å²) in [7, 11) is 1.56. The summed E-state index contributed by atoms with van der Waals surface area (Å²) < 4.78 is 6.50. The van der Waals surface area contributed by atoms with Gasteiger partial charge in [0.25, 0.3) is 0 Å². The van der Waals surface area contributed by atoms with Gasteiger partial charge in [0.15, 0.2) is 5.16 Å². The highest BCUT2D eigenvalue weighted by Crippen LogP contribution is 2.18. The van der Waals surface area contributed by atoms with Gasteiger partial charge in [-0.1, -0.05) is 42.1 Å². The Labute approximate surface area is 162 Å². The van der Waals surface area contributed by atoms with Crippen LogP contribution in [-0.4, -0.2) is 52.5 Å². The van der Waals surface area contributed by atoms with E-state index in [1.54, 1.807) is 11.7 Å². The molecular formula is C18H24N4O4S. The van der Waals surface area contributed by atoms with Crippen LogP contribution < -0.4 is 10.6 Å². The van der Waals surface area contributed by atoms with Crippen LogP contribution >= 0.6 is 11.8 Å². The number of imidazole rings is 1. The fourth-order valence-corrected chi connectivity index (χ4v) is 3.10. The van der Waals surface area contributed by atoms with Crippen LogP contribution in [0.3, 0.4) is 0 Å². The van der Waals surface area contributed by atoms with Gasteiger partial charge in [-0.25, -0.2) is 4.98 Å². The van der Waals surface area contributed by atoms with Gasteiger partial charge in [-0.15, -0.1) is 0 Å². The Hall–Kier alpha value is -2.36. The number of carbonyl (C=O) groups is 2. The van der Waals surface area contributed by atoms with Crippen LogP contribution in [0.15, 0.2) is 41.7 Å². The number of amides is 2. The minimum Gasteiger partial charge on any atom is -0.390 e. The number of ether oxygens (including phenoxy) is 1. The molecule has 27 heavy (non-hydrogen) atoms. The maximum Gasteiger partial charge on any atom is 0.240 e. The van der Waals surface area contributed by atoms with Crippen molar-refractivity contribution in [2.75, 3.05) is 26.0 Å². The minimum absolute atomic E-state index is 0.0214. The van der Waals surface area contributed by atoms with Crippen molar-refractivity contribution >= 4 is 23.6 Å². The third kappa shape index (κ3) is 7.05. The van der Waals surface area contributed by atoms with Crippen molar-refractivity contribution in [3.63, 3.8) is 0 Å². The summed E-state index contributed by atoms with van der Waals surface area (Å²) in [6.45, 7) is 1.07. The van der Waals surface area contributed by atoms with E-state index in [1.165, 1.54) is 18.0 Å². The number of aliphatic hydroxyl groups excluding tert-OH is 1. The molecule has 0 unspecified atom stereocenters. The fourth-order valence-electron chi connectivity index (χ4n) is 2.27. The van der Waals surface area contributed by atoms with Gasteiger partial charge in [0.1, 0.15) is 6.54 Å². The number of thioether (sulfide) groups is 1. The summed E-state index contributed by atoms with van der Waals surface area (Å²) in [4.78, 5) is 28.3. The largest absolute Gasteiger partial charge is 0.390 e. The highest BCUT2D eigenvalue weighted by molar-refractivity contribution is 7.99. The molecular weight excluding hydrogens is 368 g/mol. The van der Waals surface area contributed by atoms with Crippen LogP contribution in [0.5, 0.6) is 0 Å². The van der Waals surface area contributed by atoms with Crippen LogP contribution in [0.25, 0.3) is 0 Å². The molecule has 146 valence electrons. The highest BCUT2D eigenvalue weighted by atomic mass is 32.2. The first kappa shape index (κ1) is 20.9. The number of hydrogen-bond donors (Lipinski definition) is 3. The van der Waals surface area contributed by atoms with Gasteiger partial charge in [-0.05, 0) is 5.56 Å². The van der Waals surface area contributed by atoms with Gasteiger partial charge in [0, 0.05) is 20.2 Å². The summed E-state index contributed by atoms with van der Waals surface area (Å²) in [5.41, 5.74) is 1.54. The van der Waals surface area contributed by atoms with Crippen molar-refractivity contribution in [3.8, 4) is 0 Å². The molecule has 9 heteroatoms. The molecule has 0 fully saturated rings. The molecule has 1 aromatic heterocycles. The smallest absolute Gasteiger partial charge is 0.240 e. The number of carbonyl (C=O) groups excluding carboxylic acids is 2. The summed E-state index contributed by atoms with van der Waals surface area (Å²) in [6, 6.07) is 9.64. The van der Waals surface area contributed by atoms with E-state index < -0.39 is 0 Å². The maximum absolute atomic E-state index is 12.1. The van der Waals surface area contributed by atoms with Gasteiger partial charge in [-0.3, -0.25) is 9.59 Å². The molecule has 0 saturated carbocycles. The lowest BCUT2D eigenvalue weighted by Gasteiger charge is -2.11. The average molecular weight is 392 g/mol. The summed E-state index contributed by atoms with van der Waals surface area (Å²) in [5, 5.41) is 15.5. The Bertz CT molecular complexity index is 736. The molecule has 0 aliphatic carbocycles. The second-order valence-corrected chi connectivity index (χ2v) is 6.61. The van der Waals surface area contributed by atoms with Gasteiger partial charge in [-0.2, -0.15) is 0 Å². The molecule has 3 N–H and O–H groups in total. The second-order valence-electron chi connectivity index (χ2n) is 5.67. The number of aliphatic hydroxyl groups is 1. The zero-order valence-corrected chi connectivity index (χ0v) is 16.0. The van der Waals surface area contributed by atoms with Crippen molar-refractivity contribution in [2.45, 2.75) is 24.9 Å². The van der Waals surface area contributed by atoms with E-state index in [0.29, 0.717) is 30.5 Å². The lowest BCUT2D eigenvalue weighted by Crippen LogP contribution is -2.31.